The lowest BCUT2D eigenvalue weighted by atomic mass is 9.76. The molecule has 310 valence electrons. The molecule has 16 heteroatoms. The van der Waals surface area contributed by atoms with Crippen molar-refractivity contribution in [3.8, 4) is 0 Å². The molecule has 0 saturated carbocycles. The van der Waals surface area contributed by atoms with E-state index in [1.54, 1.807) is 17.1 Å². The fourth-order valence-corrected chi connectivity index (χ4v) is 7.38. The molecule has 0 spiro atoms. The Bertz CT molecular complexity index is 1850. The van der Waals surface area contributed by atoms with E-state index in [4.69, 9.17) is 4.74 Å². The molecule has 15 nitrogen and oxygen atoms in total. The van der Waals surface area contributed by atoms with Crippen molar-refractivity contribution < 1.29 is 19.4 Å². The Labute approximate surface area is 334 Å². The number of nitrogens with one attached hydrogen (secondary N) is 2. The van der Waals surface area contributed by atoms with Gasteiger partial charge in [0.2, 0.25) is 0 Å². The molecule has 56 heavy (non-hydrogen) atoms. The van der Waals surface area contributed by atoms with Crippen LogP contribution in [-0.2, 0) is 50.2 Å². The van der Waals surface area contributed by atoms with Crippen LogP contribution in [0.5, 0.6) is 0 Å². The second-order valence-corrected chi connectivity index (χ2v) is 24.1. The monoisotopic (exact) mass is 794 g/mol. The van der Waals surface area contributed by atoms with Gasteiger partial charge in [0.25, 0.3) is 5.91 Å². The molecule has 0 bridgehead atoms. The number of anilines is 1. The SMILES string of the molecule is CC1(C)CCc2c(C(=O)O)nn(COCC[Si](C)(C)C)c2C1.CN(C)CCn1cc(NC(=O)c2n[nH]c3c2CCC(C)(C)C3)cn1.CN(C)CCn1cccn1. The predicted molar refractivity (Wildman–Crippen MR) is 223 cm³/mol. The highest BCUT2D eigenvalue weighted by Crippen LogP contribution is 2.37. The third-order valence-electron chi connectivity index (χ3n) is 10.2. The van der Waals surface area contributed by atoms with Crippen molar-refractivity contribution >= 4 is 25.6 Å². The van der Waals surface area contributed by atoms with Gasteiger partial charge in [0.1, 0.15) is 6.73 Å². The van der Waals surface area contributed by atoms with Crippen LogP contribution in [0, 0.1) is 10.8 Å². The van der Waals surface area contributed by atoms with Gasteiger partial charge < -0.3 is 25.0 Å². The number of aromatic nitrogens is 8. The van der Waals surface area contributed by atoms with Gasteiger partial charge in [-0.2, -0.15) is 20.4 Å². The van der Waals surface area contributed by atoms with Crippen LogP contribution in [0.25, 0.3) is 0 Å². The zero-order chi connectivity index (χ0) is 41.3. The maximum atomic E-state index is 12.5. The molecule has 0 radical (unpaired) electrons. The van der Waals surface area contributed by atoms with Crippen molar-refractivity contribution in [2.45, 2.75) is 112 Å². The molecule has 2 aliphatic carbocycles. The van der Waals surface area contributed by atoms with E-state index < -0.39 is 14.0 Å². The van der Waals surface area contributed by atoms with Gasteiger partial charge in [-0.15, -0.1) is 0 Å². The average molecular weight is 794 g/mol. The van der Waals surface area contributed by atoms with Gasteiger partial charge in [-0.25, -0.2) is 9.48 Å². The van der Waals surface area contributed by atoms with Crippen LogP contribution in [0.4, 0.5) is 5.69 Å². The minimum atomic E-state index is -1.11. The van der Waals surface area contributed by atoms with Crippen LogP contribution in [0.1, 0.15) is 84.0 Å². The van der Waals surface area contributed by atoms with Gasteiger partial charge in [-0.3, -0.25) is 19.3 Å². The number of carbonyl (C=O) groups is 2. The number of aromatic carboxylic acids is 1. The first kappa shape index (κ1) is 44.6. The molecule has 0 atom stereocenters. The summed E-state index contributed by atoms with van der Waals surface area (Å²) in [5.74, 6) is -1.10. The van der Waals surface area contributed by atoms with E-state index in [0.717, 1.165) is 99.9 Å². The second-order valence-electron chi connectivity index (χ2n) is 18.5. The van der Waals surface area contributed by atoms with E-state index in [1.165, 1.54) is 0 Å². The summed E-state index contributed by atoms with van der Waals surface area (Å²) in [6.07, 6.45) is 12.9. The van der Waals surface area contributed by atoms with Crippen LogP contribution in [0.15, 0.2) is 30.9 Å². The number of fused-ring (bicyclic) bond motifs is 2. The number of hydrogen-bond donors (Lipinski definition) is 3. The van der Waals surface area contributed by atoms with Gasteiger partial charge in [0.15, 0.2) is 11.4 Å². The first-order chi connectivity index (χ1) is 26.2. The Morgan fingerprint density at radius 2 is 1.57 bits per heavy atom. The lowest BCUT2D eigenvalue weighted by Crippen LogP contribution is -2.25. The smallest absolute Gasteiger partial charge is 0.356 e. The van der Waals surface area contributed by atoms with Gasteiger partial charge in [-0.1, -0.05) is 47.3 Å². The van der Waals surface area contributed by atoms with Gasteiger partial charge in [0.05, 0.1) is 25.0 Å². The highest BCUT2D eigenvalue weighted by Gasteiger charge is 2.33. The Kier molecular flexibility index (Phi) is 15.4. The molecule has 0 saturated heterocycles. The quantitative estimate of drug-likeness (QED) is 0.105. The van der Waals surface area contributed by atoms with Gasteiger partial charge in [-0.05, 0) is 89.7 Å². The molecular formula is C40H67N11O4Si. The maximum absolute atomic E-state index is 12.5. The molecule has 0 aromatic carbocycles. The molecular weight excluding hydrogens is 727 g/mol. The lowest BCUT2D eigenvalue weighted by Gasteiger charge is -2.30. The minimum Gasteiger partial charge on any atom is -0.476 e. The number of ether oxygens (including phenoxy) is 1. The molecule has 1 amide bonds. The summed E-state index contributed by atoms with van der Waals surface area (Å²) in [4.78, 5) is 28.2. The highest BCUT2D eigenvalue weighted by atomic mass is 28.3. The van der Waals surface area contributed by atoms with Crippen LogP contribution in [0.2, 0.25) is 25.7 Å². The number of nitrogens with zero attached hydrogens (tertiary/aromatic N) is 9. The predicted octanol–water partition coefficient (Wildman–Crippen LogP) is 5.79. The number of hydrogen-bond acceptors (Lipinski definition) is 9. The molecule has 0 aliphatic heterocycles. The van der Waals surface area contributed by atoms with Gasteiger partial charge in [0, 0.05) is 68.9 Å². The van der Waals surface area contributed by atoms with Crippen LogP contribution < -0.4 is 5.32 Å². The molecule has 0 unspecified atom stereocenters. The van der Waals surface area contributed by atoms with E-state index in [9.17, 15) is 14.7 Å². The summed E-state index contributed by atoms with van der Waals surface area (Å²) in [5.41, 5.74) is 5.99. The zero-order valence-corrected chi connectivity index (χ0v) is 36.8. The number of H-pyrrole nitrogens is 1. The summed E-state index contributed by atoms with van der Waals surface area (Å²) >= 11 is 0. The second kappa shape index (κ2) is 19.3. The van der Waals surface area contributed by atoms with Crippen molar-refractivity contribution in [2.24, 2.45) is 10.8 Å². The fourth-order valence-electron chi connectivity index (χ4n) is 6.62. The topological polar surface area (TPSA) is 164 Å². The normalized spacial score (nSPS) is 15.7. The van der Waals surface area contributed by atoms with E-state index in [2.05, 4.69) is 102 Å². The number of carboxylic acid groups (broad SMARTS) is 1. The van der Waals surface area contributed by atoms with E-state index in [-0.39, 0.29) is 22.4 Å². The molecule has 4 aromatic heterocycles. The molecule has 0 fully saturated rings. The summed E-state index contributed by atoms with van der Waals surface area (Å²) in [6, 6.07) is 3.05. The van der Waals surface area contributed by atoms with Crippen molar-refractivity contribution in [3.63, 3.8) is 0 Å². The van der Waals surface area contributed by atoms with Crippen molar-refractivity contribution in [1.29, 1.82) is 0 Å². The van der Waals surface area contributed by atoms with Crippen molar-refractivity contribution in [3.05, 3.63) is 64.8 Å². The molecule has 6 rings (SSSR count). The van der Waals surface area contributed by atoms with Crippen molar-refractivity contribution in [1.82, 2.24) is 49.3 Å². The number of aromatic amines is 1. The number of carboxylic acids is 1. The minimum absolute atomic E-state index is 0.167. The lowest BCUT2D eigenvalue weighted by molar-refractivity contribution is 0.0667. The molecule has 4 heterocycles. The van der Waals surface area contributed by atoms with E-state index in [0.29, 0.717) is 18.1 Å². The number of amides is 1. The van der Waals surface area contributed by atoms with Crippen LogP contribution in [-0.4, -0.2) is 122 Å². The van der Waals surface area contributed by atoms with Gasteiger partial charge >= 0.3 is 5.97 Å². The summed E-state index contributed by atoms with van der Waals surface area (Å²) in [6.45, 7) is 20.7. The fraction of sp³-hybridized carbons (Fsp3) is 0.650. The Hall–Kier alpha value is -4.12. The third-order valence-corrected chi connectivity index (χ3v) is 11.9. The standard InChI is InChI=1S/C17H26N6O.C16H28N2O3Si.C7H13N3/c1-17(2)6-5-13-14(9-17)20-21-15(13)16(24)19-12-10-18-23(11-12)8-7-22(3)4;1-16(2)7-6-12-13(10-16)18(17-14(12)15(19)20)11-21-8-9-22(3,4)5;1-9(2)6-7-10-5-3-4-8-10/h10-11H,5-9H2,1-4H3,(H,19,24)(H,20,21);6-11H2,1-5H3,(H,19,20);3-5H,6-7H2,1-2H3. The molecule has 3 N–H and O–H groups in total. The number of likely N-dealkylation sites (N-methyl/N-ethyl adjacent to an activating group) is 2. The van der Waals surface area contributed by atoms with E-state index in [1.807, 2.05) is 41.9 Å². The first-order valence-corrected chi connectivity index (χ1v) is 23.5. The Morgan fingerprint density at radius 1 is 0.929 bits per heavy atom. The Balaban J connectivity index is 0.000000201. The molecule has 2 aliphatic rings. The highest BCUT2D eigenvalue weighted by molar-refractivity contribution is 6.76. The zero-order valence-electron chi connectivity index (χ0n) is 35.8. The first-order valence-electron chi connectivity index (χ1n) is 19.8. The summed E-state index contributed by atoms with van der Waals surface area (Å²) in [5, 5.41) is 32.2. The molecule has 4 aromatic rings. The maximum Gasteiger partial charge on any atom is 0.356 e. The number of carbonyl (C=O) groups excluding carboxylic acids is 1. The van der Waals surface area contributed by atoms with Crippen LogP contribution in [0.3, 0.4) is 0 Å². The largest absolute Gasteiger partial charge is 0.476 e. The Morgan fingerprint density at radius 3 is 2.18 bits per heavy atom. The van der Waals surface area contributed by atoms with Crippen molar-refractivity contribution in [2.75, 3.05) is 53.2 Å². The average Bonchev–Trinajstić information content (AvgIpc) is 3.91. The number of rotatable bonds is 14. The van der Waals surface area contributed by atoms with E-state index >= 15 is 0 Å². The third kappa shape index (κ3) is 13.8. The summed E-state index contributed by atoms with van der Waals surface area (Å²) in [7, 11) is 7.05. The van der Waals surface area contributed by atoms with Crippen LogP contribution >= 0.6 is 0 Å². The summed E-state index contributed by atoms with van der Waals surface area (Å²) < 4.78 is 11.3.